The van der Waals surface area contributed by atoms with Crippen LogP contribution in [-0.2, 0) is 53.1 Å². The lowest BCUT2D eigenvalue weighted by Gasteiger charge is -2.13. The van der Waals surface area contributed by atoms with Crippen LogP contribution in [0, 0.1) is 0 Å². The molecule has 0 saturated heterocycles. The molecule has 27 heavy (non-hydrogen) atoms. The average molecular weight is 405 g/mol. The zero-order chi connectivity index (χ0) is 19.2. The molecule has 0 radical (unpaired) electrons. The van der Waals surface area contributed by atoms with E-state index < -0.39 is 16.2 Å². The van der Waals surface area contributed by atoms with E-state index in [4.69, 9.17) is 0 Å². The molecule has 0 saturated carbocycles. The average Bonchev–Trinajstić information content (AvgIpc) is 3.33. The van der Waals surface area contributed by atoms with Crippen molar-refractivity contribution in [3.05, 3.63) is 45.0 Å². The SMILES string of the molecule is CC(C)(O)c1cnc(/[SH](=O)=N/C(=O)Cc2c3c(cc4c2CCC4)CCC3)s1. The van der Waals surface area contributed by atoms with Gasteiger partial charge in [-0.25, -0.2) is 9.19 Å². The van der Waals surface area contributed by atoms with Gasteiger partial charge in [0.1, 0.15) is 0 Å². The number of thiol groups is 1. The van der Waals surface area contributed by atoms with E-state index in [-0.39, 0.29) is 12.3 Å². The van der Waals surface area contributed by atoms with Crippen LogP contribution in [0.25, 0.3) is 0 Å². The normalized spacial score (nSPS) is 17.1. The summed E-state index contributed by atoms with van der Waals surface area (Å²) in [4.78, 5) is 17.3. The standard InChI is InChI=1S/C20H24N2O3S2/c1-20(2,24)17-11-21-19(26-17)27(25)22-18(23)10-16-14-7-3-5-12(14)9-13-6-4-8-15(13)16/h9,11,24,27H,3-8,10H2,1-2H3. The van der Waals surface area contributed by atoms with Crippen LogP contribution in [0.5, 0.6) is 0 Å². The number of nitrogens with zero attached hydrogens (tertiary/aromatic N) is 2. The fraction of sp³-hybridized carbons (Fsp3) is 0.500. The maximum Gasteiger partial charge on any atom is 0.258 e. The fourth-order valence-corrected chi connectivity index (χ4v) is 6.02. The monoisotopic (exact) mass is 404 g/mol. The van der Waals surface area contributed by atoms with Gasteiger partial charge < -0.3 is 5.11 Å². The van der Waals surface area contributed by atoms with Crippen LogP contribution < -0.4 is 0 Å². The molecule has 1 N–H and O–H groups in total. The van der Waals surface area contributed by atoms with E-state index in [0.717, 1.165) is 55.4 Å². The summed E-state index contributed by atoms with van der Waals surface area (Å²) in [6, 6.07) is 2.34. The Morgan fingerprint density at radius 2 is 1.85 bits per heavy atom. The molecule has 2 aromatic rings. The maximum atomic E-state index is 12.6. The number of aliphatic hydroxyl groups is 1. The molecule has 2 aliphatic rings. The van der Waals surface area contributed by atoms with Gasteiger partial charge in [0, 0.05) is 6.20 Å². The van der Waals surface area contributed by atoms with E-state index in [9.17, 15) is 14.1 Å². The van der Waals surface area contributed by atoms with Crippen LogP contribution in [0.3, 0.4) is 0 Å². The van der Waals surface area contributed by atoms with Crippen molar-refractivity contribution in [1.82, 2.24) is 4.98 Å². The van der Waals surface area contributed by atoms with Crippen molar-refractivity contribution in [3.63, 3.8) is 0 Å². The second-order valence-electron chi connectivity index (χ2n) is 7.85. The van der Waals surface area contributed by atoms with E-state index in [2.05, 4.69) is 15.4 Å². The first-order valence-electron chi connectivity index (χ1n) is 9.38. The molecule has 2 aliphatic carbocycles. The summed E-state index contributed by atoms with van der Waals surface area (Å²) in [6.45, 7) is 3.30. The van der Waals surface area contributed by atoms with Crippen LogP contribution >= 0.6 is 11.3 Å². The Bertz CT molecular complexity index is 963. The lowest BCUT2D eigenvalue weighted by molar-refractivity contribution is -0.117. The topological polar surface area (TPSA) is 79.6 Å². The summed E-state index contributed by atoms with van der Waals surface area (Å²) in [5.74, 6) is -0.342. The van der Waals surface area contributed by atoms with Crippen molar-refractivity contribution >= 4 is 27.8 Å². The highest BCUT2D eigenvalue weighted by atomic mass is 32.2. The van der Waals surface area contributed by atoms with Crippen molar-refractivity contribution in [2.24, 2.45) is 4.36 Å². The number of fused-ring (bicyclic) bond motifs is 2. The number of hydrogen-bond acceptors (Lipinski definition) is 5. The molecule has 1 unspecified atom stereocenters. The molecule has 5 nitrogen and oxygen atoms in total. The Morgan fingerprint density at radius 1 is 1.22 bits per heavy atom. The summed E-state index contributed by atoms with van der Waals surface area (Å²) < 4.78 is 16.7. The largest absolute Gasteiger partial charge is 0.385 e. The van der Waals surface area contributed by atoms with Crippen LogP contribution in [0.4, 0.5) is 0 Å². The molecule has 7 heteroatoms. The molecule has 144 valence electrons. The number of carbonyl (C=O) groups is 1. The van der Waals surface area contributed by atoms with Crippen LogP contribution in [0.1, 0.15) is 59.4 Å². The minimum atomic E-state index is -2.23. The predicted molar refractivity (Wildman–Crippen MR) is 107 cm³/mol. The Kier molecular flexibility index (Phi) is 4.94. The summed E-state index contributed by atoms with van der Waals surface area (Å²) in [7, 11) is -2.23. The summed E-state index contributed by atoms with van der Waals surface area (Å²) in [5, 5.41) is 10.0. The molecule has 1 aromatic carbocycles. The molecule has 0 aliphatic heterocycles. The maximum absolute atomic E-state index is 12.6. The van der Waals surface area contributed by atoms with Gasteiger partial charge in [-0.1, -0.05) is 6.07 Å². The number of hydrogen-bond donors (Lipinski definition) is 2. The highest BCUT2D eigenvalue weighted by Crippen LogP contribution is 2.35. The number of aromatic nitrogens is 1. The van der Waals surface area contributed by atoms with E-state index in [1.165, 1.54) is 28.5 Å². The van der Waals surface area contributed by atoms with Crippen molar-refractivity contribution in [2.75, 3.05) is 0 Å². The first-order valence-corrected chi connectivity index (χ1v) is 11.4. The number of carbonyl (C=O) groups excluding carboxylic acids is 1. The second kappa shape index (κ2) is 7.11. The quantitative estimate of drug-likeness (QED) is 0.768. The molecule has 0 bridgehead atoms. The lowest BCUT2D eigenvalue weighted by Crippen LogP contribution is -2.12. The lowest BCUT2D eigenvalue weighted by atomic mass is 9.92. The van der Waals surface area contributed by atoms with Crippen molar-refractivity contribution in [1.29, 1.82) is 0 Å². The molecule has 4 rings (SSSR count). The van der Waals surface area contributed by atoms with E-state index in [1.807, 2.05) is 0 Å². The third-order valence-electron chi connectivity index (χ3n) is 5.39. The van der Waals surface area contributed by atoms with Gasteiger partial charge >= 0.3 is 0 Å². The molecular weight excluding hydrogens is 380 g/mol. The number of aryl methyl sites for hydroxylation is 2. The van der Waals surface area contributed by atoms with E-state index in [1.54, 1.807) is 13.8 Å². The Balaban J connectivity index is 1.59. The van der Waals surface area contributed by atoms with Gasteiger partial charge in [0.05, 0.1) is 27.5 Å². The number of rotatable bonds is 4. The first kappa shape index (κ1) is 18.8. The minimum Gasteiger partial charge on any atom is -0.385 e. The van der Waals surface area contributed by atoms with Gasteiger partial charge in [0.15, 0.2) is 4.34 Å². The van der Waals surface area contributed by atoms with Gasteiger partial charge in [-0.05, 0) is 80.2 Å². The molecule has 0 spiro atoms. The summed E-state index contributed by atoms with van der Waals surface area (Å²) >= 11 is 1.15. The minimum absolute atomic E-state index is 0.232. The third-order valence-corrected chi connectivity index (χ3v) is 8.09. The smallest absolute Gasteiger partial charge is 0.258 e. The number of amides is 1. The number of benzene rings is 1. The summed E-state index contributed by atoms with van der Waals surface area (Å²) in [6.07, 6.45) is 8.26. The molecule has 1 amide bonds. The Labute approximate surface area is 165 Å². The third kappa shape index (κ3) is 3.73. The second-order valence-corrected chi connectivity index (χ2v) is 10.3. The summed E-state index contributed by atoms with van der Waals surface area (Å²) in [5.41, 5.74) is 5.53. The Hall–Kier alpha value is -1.57. The molecule has 1 heterocycles. The highest BCUT2D eigenvalue weighted by molar-refractivity contribution is 7.77. The van der Waals surface area contributed by atoms with Gasteiger partial charge in [-0.2, -0.15) is 4.36 Å². The van der Waals surface area contributed by atoms with Gasteiger partial charge in [0.25, 0.3) is 5.91 Å². The Morgan fingerprint density at radius 3 is 2.41 bits per heavy atom. The van der Waals surface area contributed by atoms with Crippen LogP contribution in [0.15, 0.2) is 21.0 Å². The highest BCUT2D eigenvalue weighted by Gasteiger charge is 2.25. The van der Waals surface area contributed by atoms with Gasteiger partial charge in [-0.3, -0.25) is 4.79 Å². The predicted octanol–water partition coefficient (Wildman–Crippen LogP) is 3.14. The van der Waals surface area contributed by atoms with Crippen molar-refractivity contribution in [3.8, 4) is 0 Å². The van der Waals surface area contributed by atoms with E-state index in [0.29, 0.717) is 9.22 Å². The molecule has 0 fully saturated rings. The van der Waals surface area contributed by atoms with Gasteiger partial charge in [0.2, 0.25) is 0 Å². The number of thiazole rings is 1. The molecule has 1 atom stereocenters. The van der Waals surface area contributed by atoms with Crippen LogP contribution in [-0.4, -0.2) is 20.2 Å². The first-order chi connectivity index (χ1) is 12.8. The molecular formula is C20H24N2O3S2. The van der Waals surface area contributed by atoms with Gasteiger partial charge in [-0.15, -0.1) is 11.3 Å². The van der Waals surface area contributed by atoms with Crippen molar-refractivity contribution in [2.45, 2.75) is 68.7 Å². The van der Waals surface area contributed by atoms with Crippen molar-refractivity contribution < 1.29 is 14.1 Å². The van der Waals surface area contributed by atoms with E-state index >= 15 is 0 Å². The zero-order valence-electron chi connectivity index (χ0n) is 15.6. The van der Waals surface area contributed by atoms with Crippen LogP contribution in [0.2, 0.25) is 0 Å². The fourth-order valence-electron chi connectivity index (χ4n) is 4.11. The molecule has 1 aromatic heterocycles. The zero-order valence-corrected chi connectivity index (χ0v) is 17.3.